The molecule has 1 unspecified atom stereocenters. The maximum atomic E-state index is 11.9. The molecule has 102 valence electrons. The second-order valence-corrected chi connectivity index (χ2v) is 5.10. The van der Waals surface area contributed by atoms with Gasteiger partial charge in [-0.25, -0.2) is 4.79 Å². The van der Waals surface area contributed by atoms with E-state index in [4.69, 9.17) is 9.84 Å². The third-order valence-electron chi connectivity index (χ3n) is 3.81. The van der Waals surface area contributed by atoms with Gasteiger partial charge in [0.1, 0.15) is 0 Å². The molecule has 1 aliphatic heterocycles. The van der Waals surface area contributed by atoms with E-state index in [1.807, 2.05) is 0 Å². The molecule has 2 amide bonds. The molecular weight excluding hydrogens is 236 g/mol. The van der Waals surface area contributed by atoms with Crippen LogP contribution in [0.25, 0.3) is 0 Å². The summed E-state index contributed by atoms with van der Waals surface area (Å²) in [5, 5.41) is 11.9. The highest BCUT2D eigenvalue weighted by Crippen LogP contribution is 2.23. The molecule has 0 aromatic heterocycles. The Morgan fingerprint density at radius 2 is 2.11 bits per heavy atom. The van der Waals surface area contributed by atoms with Gasteiger partial charge in [0.05, 0.1) is 12.0 Å². The van der Waals surface area contributed by atoms with Crippen molar-refractivity contribution in [3.63, 3.8) is 0 Å². The smallest absolute Gasteiger partial charge is 0.317 e. The van der Waals surface area contributed by atoms with Gasteiger partial charge in [-0.3, -0.25) is 4.79 Å². The second kappa shape index (κ2) is 5.56. The molecule has 1 saturated heterocycles. The molecule has 0 aromatic carbocycles. The lowest BCUT2D eigenvalue weighted by Crippen LogP contribution is -2.54. The molecule has 6 heteroatoms. The molecule has 2 fully saturated rings. The molecule has 2 N–H and O–H groups in total. The number of piperidine rings is 1. The lowest BCUT2D eigenvalue weighted by molar-refractivity contribution is -0.143. The zero-order valence-corrected chi connectivity index (χ0v) is 10.6. The maximum Gasteiger partial charge on any atom is 0.317 e. The quantitative estimate of drug-likeness (QED) is 0.778. The molecule has 0 spiro atoms. The number of nitrogens with one attached hydrogen (secondary N) is 1. The minimum absolute atomic E-state index is 0.138. The molecule has 1 saturated carbocycles. The molecule has 2 rings (SSSR count). The number of ether oxygens (including phenoxy) is 1. The number of amides is 2. The van der Waals surface area contributed by atoms with Crippen molar-refractivity contribution in [1.29, 1.82) is 0 Å². The van der Waals surface area contributed by atoms with E-state index in [-0.39, 0.29) is 18.2 Å². The number of likely N-dealkylation sites (tertiary alicyclic amines) is 1. The van der Waals surface area contributed by atoms with Gasteiger partial charge < -0.3 is 20.1 Å². The largest absolute Gasteiger partial charge is 0.481 e. The summed E-state index contributed by atoms with van der Waals surface area (Å²) in [7, 11) is 1.67. The average Bonchev–Trinajstić information content (AvgIpc) is 2.33. The fourth-order valence-corrected chi connectivity index (χ4v) is 2.51. The van der Waals surface area contributed by atoms with Crippen molar-refractivity contribution in [2.24, 2.45) is 5.92 Å². The monoisotopic (exact) mass is 256 g/mol. The molecule has 6 nitrogen and oxygen atoms in total. The second-order valence-electron chi connectivity index (χ2n) is 5.10. The molecular formula is C12H20N2O4. The van der Waals surface area contributed by atoms with Crippen LogP contribution in [0.3, 0.4) is 0 Å². The van der Waals surface area contributed by atoms with Gasteiger partial charge in [0.25, 0.3) is 0 Å². The Hall–Kier alpha value is -1.30. The molecule has 18 heavy (non-hydrogen) atoms. The third-order valence-corrected chi connectivity index (χ3v) is 3.81. The number of hydrogen-bond donors (Lipinski definition) is 2. The third kappa shape index (κ3) is 2.93. The van der Waals surface area contributed by atoms with Crippen LogP contribution in [0, 0.1) is 5.92 Å². The van der Waals surface area contributed by atoms with Crippen LogP contribution in [-0.2, 0) is 9.53 Å². The summed E-state index contributed by atoms with van der Waals surface area (Å²) in [6.07, 6.45) is 3.37. The van der Waals surface area contributed by atoms with E-state index in [0.717, 1.165) is 19.3 Å². The Balaban J connectivity index is 1.77. The van der Waals surface area contributed by atoms with E-state index in [9.17, 15) is 9.59 Å². The highest BCUT2D eigenvalue weighted by atomic mass is 16.5. The fraction of sp³-hybridized carbons (Fsp3) is 0.833. The number of methoxy groups -OCH3 is 1. The topological polar surface area (TPSA) is 78.9 Å². The molecule has 0 radical (unpaired) electrons. The number of nitrogens with zero attached hydrogens (tertiary/aromatic N) is 1. The summed E-state index contributed by atoms with van der Waals surface area (Å²) in [6, 6.07) is 0.0353. The maximum absolute atomic E-state index is 11.9. The Bertz CT molecular complexity index is 328. The van der Waals surface area contributed by atoms with Gasteiger partial charge >= 0.3 is 12.0 Å². The van der Waals surface area contributed by atoms with E-state index in [1.165, 1.54) is 0 Å². The lowest BCUT2D eigenvalue weighted by atomic mass is 9.89. The van der Waals surface area contributed by atoms with Crippen LogP contribution in [0.15, 0.2) is 0 Å². The Kier molecular flexibility index (Phi) is 4.06. The van der Waals surface area contributed by atoms with E-state index in [1.54, 1.807) is 12.0 Å². The minimum atomic E-state index is -0.810. The van der Waals surface area contributed by atoms with Crippen molar-refractivity contribution in [2.45, 2.75) is 37.8 Å². The van der Waals surface area contributed by atoms with Gasteiger partial charge in [-0.1, -0.05) is 0 Å². The summed E-state index contributed by atoms with van der Waals surface area (Å²) >= 11 is 0. The number of carboxylic acids is 1. The highest BCUT2D eigenvalue weighted by molar-refractivity contribution is 5.76. The van der Waals surface area contributed by atoms with E-state index in [0.29, 0.717) is 19.5 Å². The van der Waals surface area contributed by atoms with Crippen LogP contribution in [0.5, 0.6) is 0 Å². The van der Waals surface area contributed by atoms with Crippen molar-refractivity contribution >= 4 is 12.0 Å². The standard InChI is InChI=1S/C12H20N2O4/c1-18-10-5-9(6-10)13-12(17)14-4-2-3-8(7-14)11(15)16/h8-10H,2-7H2,1H3,(H,13,17)(H,15,16). The van der Waals surface area contributed by atoms with Crippen LogP contribution in [-0.4, -0.2) is 54.4 Å². The van der Waals surface area contributed by atoms with Gasteiger partial charge in [0.2, 0.25) is 0 Å². The minimum Gasteiger partial charge on any atom is -0.481 e. The number of carbonyl (C=O) groups excluding carboxylic acids is 1. The zero-order valence-electron chi connectivity index (χ0n) is 10.6. The van der Waals surface area contributed by atoms with Crippen molar-refractivity contribution in [1.82, 2.24) is 10.2 Å². The summed E-state index contributed by atoms with van der Waals surface area (Å²) in [5.74, 6) is -1.23. The van der Waals surface area contributed by atoms with Crippen molar-refractivity contribution in [3.8, 4) is 0 Å². The Labute approximate surface area is 106 Å². The van der Waals surface area contributed by atoms with E-state index >= 15 is 0 Å². The molecule has 0 aromatic rings. The number of rotatable bonds is 3. The lowest BCUT2D eigenvalue weighted by Gasteiger charge is -2.37. The SMILES string of the molecule is COC1CC(NC(=O)N2CCCC(C(=O)O)C2)C1. The normalized spacial score (nSPS) is 31.6. The van der Waals surface area contributed by atoms with Crippen LogP contribution in [0.1, 0.15) is 25.7 Å². The number of carbonyl (C=O) groups is 2. The molecule has 1 atom stereocenters. The summed E-state index contributed by atoms with van der Waals surface area (Å²) in [6.45, 7) is 0.970. The van der Waals surface area contributed by atoms with E-state index in [2.05, 4.69) is 5.32 Å². The predicted molar refractivity (Wildman–Crippen MR) is 64.3 cm³/mol. The summed E-state index contributed by atoms with van der Waals surface area (Å²) < 4.78 is 5.15. The van der Waals surface area contributed by atoms with Crippen molar-refractivity contribution in [2.75, 3.05) is 20.2 Å². The van der Waals surface area contributed by atoms with Gasteiger partial charge in [-0.2, -0.15) is 0 Å². The molecule has 2 aliphatic rings. The number of hydrogen-bond acceptors (Lipinski definition) is 3. The molecule has 0 bridgehead atoms. The highest BCUT2D eigenvalue weighted by Gasteiger charge is 2.33. The first-order valence-corrected chi connectivity index (χ1v) is 6.41. The summed E-state index contributed by atoms with van der Waals surface area (Å²) in [5.41, 5.74) is 0. The average molecular weight is 256 g/mol. The first-order valence-electron chi connectivity index (χ1n) is 6.41. The first kappa shape index (κ1) is 13.1. The molecule has 1 aliphatic carbocycles. The Morgan fingerprint density at radius 1 is 1.39 bits per heavy atom. The van der Waals surface area contributed by atoms with Crippen LogP contribution < -0.4 is 5.32 Å². The van der Waals surface area contributed by atoms with Crippen LogP contribution in [0.4, 0.5) is 4.79 Å². The van der Waals surface area contributed by atoms with Crippen LogP contribution >= 0.6 is 0 Å². The predicted octanol–water partition coefficient (Wildman–Crippen LogP) is 0.670. The number of urea groups is 1. The first-order chi connectivity index (χ1) is 8.60. The van der Waals surface area contributed by atoms with Crippen molar-refractivity contribution in [3.05, 3.63) is 0 Å². The molecule has 1 heterocycles. The number of aliphatic carboxylic acids is 1. The van der Waals surface area contributed by atoms with Gasteiger partial charge in [-0.15, -0.1) is 0 Å². The van der Waals surface area contributed by atoms with Crippen LogP contribution in [0.2, 0.25) is 0 Å². The van der Waals surface area contributed by atoms with E-state index < -0.39 is 11.9 Å². The van der Waals surface area contributed by atoms with Gasteiger partial charge in [0, 0.05) is 26.2 Å². The Morgan fingerprint density at radius 3 is 2.72 bits per heavy atom. The number of carboxylic acid groups (broad SMARTS) is 1. The van der Waals surface area contributed by atoms with Gasteiger partial charge in [0.15, 0.2) is 0 Å². The summed E-state index contributed by atoms with van der Waals surface area (Å²) in [4.78, 5) is 24.5. The fourth-order valence-electron chi connectivity index (χ4n) is 2.51. The zero-order chi connectivity index (χ0) is 13.1. The van der Waals surface area contributed by atoms with Crippen molar-refractivity contribution < 1.29 is 19.4 Å². The van der Waals surface area contributed by atoms with Gasteiger partial charge in [-0.05, 0) is 25.7 Å².